The zero-order valence-corrected chi connectivity index (χ0v) is 17.7. The van der Waals surface area contributed by atoms with Gasteiger partial charge in [-0.3, -0.25) is 9.52 Å². The van der Waals surface area contributed by atoms with Gasteiger partial charge in [0.1, 0.15) is 0 Å². The Morgan fingerprint density at radius 1 is 1.07 bits per heavy atom. The molecule has 2 bridgehead atoms. The fraction of sp³-hybridized carbons (Fsp3) is 0.522. The van der Waals surface area contributed by atoms with Crippen molar-refractivity contribution >= 4 is 16.0 Å². The molecule has 0 spiro atoms. The number of hydrogen-bond acceptors (Lipinski definition) is 3. The molecule has 0 amide bonds. The number of hydrogen-bond donors (Lipinski definition) is 2. The summed E-state index contributed by atoms with van der Waals surface area (Å²) in [5.41, 5.74) is 3.21. The van der Waals surface area contributed by atoms with Crippen LogP contribution in [0, 0.1) is 11.8 Å². The number of nitrogens with one attached hydrogen (secondary N) is 1. The van der Waals surface area contributed by atoms with Gasteiger partial charge in [0.05, 0.1) is 5.75 Å². The molecule has 158 valence electrons. The van der Waals surface area contributed by atoms with Gasteiger partial charge in [-0.2, -0.15) is 0 Å². The standard InChI is InChI=1S/C23H31NO4S/c25-22(26)11-7-2-1-6-10-21-19-12-14-20(15-13-19)23(21)24-29(27,28)17-16-18-8-4-3-5-9-18/h1,3-6,8-9,19-20,24H,2,7,10-17H2,(H,25,26). The van der Waals surface area contributed by atoms with Crippen molar-refractivity contribution in [3.63, 3.8) is 0 Å². The van der Waals surface area contributed by atoms with E-state index in [0.29, 0.717) is 24.7 Å². The second-order valence-corrected chi connectivity index (χ2v) is 9.95. The molecule has 1 aromatic carbocycles. The maximum Gasteiger partial charge on any atom is 0.303 e. The summed E-state index contributed by atoms with van der Waals surface area (Å²) in [6, 6.07) is 9.70. The first-order valence-corrected chi connectivity index (χ1v) is 12.2. The Labute approximate surface area is 174 Å². The first kappa shape index (κ1) is 21.6. The van der Waals surface area contributed by atoms with Gasteiger partial charge in [0.15, 0.2) is 0 Å². The Balaban J connectivity index is 1.63. The fourth-order valence-corrected chi connectivity index (χ4v) is 5.69. The van der Waals surface area contributed by atoms with Gasteiger partial charge in [-0.15, -0.1) is 0 Å². The van der Waals surface area contributed by atoms with Gasteiger partial charge in [0.25, 0.3) is 0 Å². The lowest BCUT2D eigenvalue weighted by molar-refractivity contribution is -0.137. The lowest BCUT2D eigenvalue weighted by Crippen LogP contribution is -2.37. The summed E-state index contributed by atoms with van der Waals surface area (Å²) >= 11 is 0. The third kappa shape index (κ3) is 6.46. The molecule has 0 unspecified atom stereocenters. The summed E-state index contributed by atoms with van der Waals surface area (Å²) in [6.45, 7) is 0. The van der Waals surface area contributed by atoms with E-state index in [1.54, 1.807) is 0 Å². The van der Waals surface area contributed by atoms with Crippen LogP contribution in [-0.2, 0) is 21.2 Å². The number of carbonyl (C=O) groups is 1. The minimum atomic E-state index is -3.38. The van der Waals surface area contributed by atoms with Crippen LogP contribution < -0.4 is 4.72 Å². The van der Waals surface area contributed by atoms with Crippen molar-refractivity contribution in [3.8, 4) is 0 Å². The lowest BCUT2D eigenvalue weighted by Gasteiger charge is -2.40. The van der Waals surface area contributed by atoms with Crippen LogP contribution in [0.2, 0.25) is 0 Å². The van der Waals surface area contributed by atoms with E-state index in [4.69, 9.17) is 5.11 Å². The molecule has 1 aromatic rings. The van der Waals surface area contributed by atoms with Gasteiger partial charge in [0.2, 0.25) is 10.0 Å². The zero-order valence-electron chi connectivity index (χ0n) is 16.8. The lowest BCUT2D eigenvalue weighted by atomic mass is 9.69. The molecular weight excluding hydrogens is 386 g/mol. The van der Waals surface area contributed by atoms with E-state index in [0.717, 1.165) is 49.8 Å². The number of carboxylic acids is 1. The Bertz CT molecular complexity index is 850. The molecule has 6 heteroatoms. The topological polar surface area (TPSA) is 83.5 Å². The molecule has 0 heterocycles. The van der Waals surface area contributed by atoms with Gasteiger partial charge in [-0.05, 0) is 74.3 Å². The van der Waals surface area contributed by atoms with Crippen molar-refractivity contribution in [2.75, 3.05) is 5.75 Å². The van der Waals surface area contributed by atoms with E-state index < -0.39 is 16.0 Å². The summed E-state index contributed by atoms with van der Waals surface area (Å²) in [5.74, 6) is 0.117. The maximum absolute atomic E-state index is 12.8. The number of aliphatic carboxylic acids is 1. The number of unbranched alkanes of at least 4 members (excludes halogenated alkanes) is 1. The second-order valence-electron chi connectivity index (χ2n) is 8.11. The van der Waals surface area contributed by atoms with Crippen molar-refractivity contribution in [2.24, 2.45) is 11.8 Å². The molecule has 0 radical (unpaired) electrons. The molecule has 1 saturated carbocycles. The van der Waals surface area contributed by atoms with Crippen LogP contribution in [0.3, 0.4) is 0 Å². The van der Waals surface area contributed by atoms with Crippen LogP contribution in [0.5, 0.6) is 0 Å². The highest BCUT2D eigenvalue weighted by Crippen LogP contribution is 2.45. The second kappa shape index (κ2) is 10.1. The SMILES string of the molecule is O=C(O)CCCC=CCC1=C(NS(=O)(=O)CCc2ccccc2)C2CCC1CC2. The van der Waals surface area contributed by atoms with Crippen LogP contribution in [0.25, 0.3) is 0 Å². The Morgan fingerprint density at radius 3 is 2.45 bits per heavy atom. The molecular formula is C23H31NO4S. The van der Waals surface area contributed by atoms with Crippen LogP contribution in [0.15, 0.2) is 53.8 Å². The van der Waals surface area contributed by atoms with Crippen LogP contribution >= 0.6 is 0 Å². The summed E-state index contributed by atoms with van der Waals surface area (Å²) in [4.78, 5) is 10.6. The summed E-state index contributed by atoms with van der Waals surface area (Å²) in [5, 5.41) is 8.71. The van der Waals surface area contributed by atoms with Gasteiger partial charge in [-0.25, -0.2) is 8.42 Å². The average molecular weight is 418 g/mol. The fourth-order valence-electron chi connectivity index (χ4n) is 4.45. The minimum Gasteiger partial charge on any atom is -0.481 e. The van der Waals surface area contributed by atoms with Crippen LogP contribution in [-0.4, -0.2) is 25.2 Å². The molecule has 0 aliphatic heterocycles. The average Bonchev–Trinajstić information content (AvgIpc) is 2.71. The first-order valence-electron chi connectivity index (χ1n) is 10.6. The van der Waals surface area contributed by atoms with E-state index in [9.17, 15) is 13.2 Å². The van der Waals surface area contributed by atoms with Gasteiger partial charge >= 0.3 is 5.97 Å². The predicted molar refractivity (Wildman–Crippen MR) is 115 cm³/mol. The highest BCUT2D eigenvalue weighted by atomic mass is 32.2. The maximum atomic E-state index is 12.8. The molecule has 1 fully saturated rings. The Hall–Kier alpha value is -2.08. The molecule has 4 rings (SSSR count). The quantitative estimate of drug-likeness (QED) is 0.412. The van der Waals surface area contributed by atoms with E-state index in [-0.39, 0.29) is 12.2 Å². The number of fused-ring (bicyclic) bond motifs is 2. The molecule has 3 aliphatic carbocycles. The minimum absolute atomic E-state index is 0.0935. The normalized spacial score (nSPS) is 21.7. The highest BCUT2D eigenvalue weighted by molar-refractivity contribution is 7.89. The summed E-state index contributed by atoms with van der Waals surface area (Å²) < 4.78 is 28.5. The monoisotopic (exact) mass is 417 g/mol. The van der Waals surface area contributed by atoms with Crippen LogP contribution in [0.1, 0.15) is 56.9 Å². The predicted octanol–water partition coefficient (Wildman–Crippen LogP) is 4.42. The van der Waals surface area contributed by atoms with Crippen molar-refractivity contribution < 1.29 is 18.3 Å². The molecule has 29 heavy (non-hydrogen) atoms. The third-order valence-electron chi connectivity index (χ3n) is 6.01. The van der Waals surface area contributed by atoms with E-state index in [2.05, 4.69) is 10.8 Å². The number of sulfonamides is 1. The summed E-state index contributed by atoms with van der Waals surface area (Å²) in [6.07, 6.45) is 11.3. The van der Waals surface area contributed by atoms with Crippen molar-refractivity contribution in [1.82, 2.24) is 4.72 Å². The smallest absolute Gasteiger partial charge is 0.303 e. The van der Waals surface area contributed by atoms with Crippen molar-refractivity contribution in [2.45, 2.75) is 57.8 Å². The van der Waals surface area contributed by atoms with E-state index >= 15 is 0 Å². The molecule has 0 atom stereocenters. The molecule has 0 saturated heterocycles. The largest absolute Gasteiger partial charge is 0.481 e. The molecule has 2 N–H and O–H groups in total. The Kier molecular flexibility index (Phi) is 7.53. The van der Waals surface area contributed by atoms with Crippen LogP contribution in [0.4, 0.5) is 0 Å². The molecule has 3 aliphatic rings. The number of carboxylic acid groups (broad SMARTS) is 1. The van der Waals surface area contributed by atoms with Gasteiger partial charge in [-0.1, -0.05) is 42.5 Å². The number of benzene rings is 1. The van der Waals surface area contributed by atoms with Gasteiger partial charge in [0, 0.05) is 12.1 Å². The Morgan fingerprint density at radius 2 is 1.76 bits per heavy atom. The molecule has 5 nitrogen and oxygen atoms in total. The number of aryl methyl sites for hydroxylation is 1. The summed E-state index contributed by atoms with van der Waals surface area (Å²) in [7, 11) is -3.38. The number of rotatable bonds is 11. The number of allylic oxidation sites excluding steroid dienone is 4. The zero-order chi connectivity index (χ0) is 20.7. The third-order valence-corrected chi connectivity index (χ3v) is 7.28. The van der Waals surface area contributed by atoms with Gasteiger partial charge < -0.3 is 5.11 Å². The van der Waals surface area contributed by atoms with E-state index in [1.165, 1.54) is 5.57 Å². The molecule has 0 aromatic heterocycles. The van der Waals surface area contributed by atoms with E-state index in [1.807, 2.05) is 36.4 Å². The first-order chi connectivity index (χ1) is 13.9. The van der Waals surface area contributed by atoms with Crippen molar-refractivity contribution in [3.05, 3.63) is 59.3 Å². The van der Waals surface area contributed by atoms with Crippen molar-refractivity contribution in [1.29, 1.82) is 0 Å². The highest BCUT2D eigenvalue weighted by Gasteiger charge is 2.36.